The summed E-state index contributed by atoms with van der Waals surface area (Å²) in [5.41, 5.74) is 0. The van der Waals surface area contributed by atoms with Crippen LogP contribution in [0.25, 0.3) is 0 Å². The summed E-state index contributed by atoms with van der Waals surface area (Å²) in [6, 6.07) is 1.65. The van der Waals surface area contributed by atoms with E-state index in [0.29, 0.717) is 15.3 Å². The van der Waals surface area contributed by atoms with Crippen molar-refractivity contribution in [1.82, 2.24) is 30.2 Å². The molecule has 0 saturated carbocycles. The van der Waals surface area contributed by atoms with Crippen molar-refractivity contribution in [2.75, 3.05) is 0 Å². The maximum Gasteiger partial charge on any atom is 0.215 e. The molecule has 0 aromatic carbocycles. The molecular formula is C6H5ClN6S. The van der Waals surface area contributed by atoms with E-state index in [4.69, 9.17) is 11.6 Å². The summed E-state index contributed by atoms with van der Waals surface area (Å²) < 4.78 is 1.56. The van der Waals surface area contributed by atoms with Gasteiger partial charge in [-0.05, 0) is 22.2 Å². The van der Waals surface area contributed by atoms with Crippen LogP contribution in [0.5, 0.6) is 0 Å². The van der Waals surface area contributed by atoms with E-state index in [1.807, 2.05) is 0 Å². The molecule has 0 N–H and O–H groups in total. The molecule has 0 bridgehead atoms. The van der Waals surface area contributed by atoms with Gasteiger partial charge in [0, 0.05) is 13.1 Å². The molecule has 2 heterocycles. The van der Waals surface area contributed by atoms with Crippen molar-refractivity contribution in [2.45, 2.75) is 10.2 Å². The van der Waals surface area contributed by atoms with Crippen LogP contribution in [0.1, 0.15) is 0 Å². The lowest BCUT2D eigenvalue weighted by Gasteiger charge is -1.97. The Kier molecular flexibility index (Phi) is 2.60. The summed E-state index contributed by atoms with van der Waals surface area (Å²) in [6.45, 7) is 0. The first-order chi connectivity index (χ1) is 6.75. The first-order valence-corrected chi connectivity index (χ1v) is 4.83. The maximum atomic E-state index is 5.70. The topological polar surface area (TPSA) is 69.4 Å². The Bertz CT molecular complexity index is 443. The molecule has 0 unspecified atom stereocenters. The van der Waals surface area contributed by atoms with Gasteiger partial charge in [0.15, 0.2) is 0 Å². The van der Waals surface area contributed by atoms with Gasteiger partial charge in [0.25, 0.3) is 0 Å². The van der Waals surface area contributed by atoms with Gasteiger partial charge in [-0.1, -0.05) is 11.6 Å². The van der Waals surface area contributed by atoms with Crippen LogP contribution in [0, 0.1) is 0 Å². The third-order valence-corrected chi connectivity index (χ3v) is 2.55. The van der Waals surface area contributed by atoms with Gasteiger partial charge in [-0.3, -0.25) is 0 Å². The number of aryl methyl sites for hydroxylation is 1. The highest BCUT2D eigenvalue weighted by Crippen LogP contribution is 2.23. The Morgan fingerprint density at radius 2 is 2.29 bits per heavy atom. The maximum absolute atomic E-state index is 5.70. The first-order valence-electron chi connectivity index (χ1n) is 3.63. The highest BCUT2D eigenvalue weighted by atomic mass is 35.5. The Labute approximate surface area is 88.7 Å². The minimum atomic E-state index is 0.401. The molecule has 6 nitrogen and oxygen atoms in total. The van der Waals surface area contributed by atoms with Crippen LogP contribution in [-0.4, -0.2) is 30.2 Å². The van der Waals surface area contributed by atoms with E-state index < -0.39 is 0 Å². The number of hydrogen-bond donors (Lipinski definition) is 0. The second-order valence-electron chi connectivity index (χ2n) is 2.37. The zero-order valence-electron chi connectivity index (χ0n) is 7.12. The predicted octanol–water partition coefficient (Wildman–Crippen LogP) is 0.805. The van der Waals surface area contributed by atoms with E-state index >= 15 is 0 Å². The molecule has 0 aliphatic carbocycles. The minimum absolute atomic E-state index is 0.401. The van der Waals surface area contributed by atoms with Crippen molar-refractivity contribution in [2.24, 2.45) is 7.05 Å². The molecule has 2 rings (SSSR count). The SMILES string of the molecule is Cn1nnnc1Sc1cc(Cl)ncn1. The van der Waals surface area contributed by atoms with Crippen LogP contribution in [0.4, 0.5) is 0 Å². The number of hydrogen-bond acceptors (Lipinski definition) is 6. The van der Waals surface area contributed by atoms with E-state index in [2.05, 4.69) is 25.5 Å². The molecule has 2 aromatic heterocycles. The highest BCUT2D eigenvalue weighted by molar-refractivity contribution is 7.99. The molecule has 0 radical (unpaired) electrons. The van der Waals surface area contributed by atoms with Gasteiger partial charge in [0.2, 0.25) is 5.16 Å². The quantitative estimate of drug-likeness (QED) is 0.709. The molecule has 0 aliphatic heterocycles. The molecule has 2 aromatic rings. The fourth-order valence-corrected chi connectivity index (χ4v) is 1.69. The van der Waals surface area contributed by atoms with Gasteiger partial charge >= 0.3 is 0 Å². The summed E-state index contributed by atoms with van der Waals surface area (Å²) in [7, 11) is 1.76. The van der Waals surface area contributed by atoms with Gasteiger partial charge in [0.1, 0.15) is 16.5 Å². The van der Waals surface area contributed by atoms with Crippen molar-refractivity contribution < 1.29 is 0 Å². The standard InChI is InChI=1S/C6H5ClN6S/c1-13-6(10-11-12-13)14-5-2-4(7)8-3-9-5/h2-3H,1H3. The van der Waals surface area contributed by atoms with Crippen LogP contribution < -0.4 is 0 Å². The molecule has 0 saturated heterocycles. The zero-order valence-corrected chi connectivity index (χ0v) is 8.70. The number of nitrogens with zero attached hydrogens (tertiary/aromatic N) is 6. The van der Waals surface area contributed by atoms with E-state index in [0.717, 1.165) is 0 Å². The summed E-state index contributed by atoms with van der Waals surface area (Å²) in [6.07, 6.45) is 1.40. The Balaban J connectivity index is 2.23. The van der Waals surface area contributed by atoms with Crippen LogP contribution in [0.15, 0.2) is 22.6 Å². The molecule has 0 aliphatic rings. The smallest absolute Gasteiger partial charge is 0.215 e. The Morgan fingerprint density at radius 3 is 2.93 bits per heavy atom. The summed E-state index contributed by atoms with van der Waals surface area (Å²) in [4.78, 5) is 7.79. The molecule has 0 amide bonds. The molecule has 72 valence electrons. The molecular weight excluding hydrogens is 224 g/mol. The molecule has 0 fully saturated rings. The summed E-state index contributed by atoms with van der Waals surface area (Å²) in [5.74, 6) is 0. The second-order valence-corrected chi connectivity index (χ2v) is 3.74. The van der Waals surface area contributed by atoms with Gasteiger partial charge in [0.05, 0.1) is 0 Å². The summed E-state index contributed by atoms with van der Waals surface area (Å²) in [5, 5.41) is 12.8. The number of aromatic nitrogens is 6. The fraction of sp³-hybridized carbons (Fsp3) is 0.167. The number of tetrazole rings is 1. The van der Waals surface area contributed by atoms with Crippen LogP contribution >= 0.6 is 23.4 Å². The van der Waals surface area contributed by atoms with Gasteiger partial charge < -0.3 is 0 Å². The summed E-state index contributed by atoms with van der Waals surface area (Å²) >= 11 is 7.03. The monoisotopic (exact) mass is 228 g/mol. The third kappa shape index (κ3) is 1.99. The Hall–Kier alpha value is -1.21. The lowest BCUT2D eigenvalue weighted by Crippen LogP contribution is -1.93. The third-order valence-electron chi connectivity index (χ3n) is 1.39. The van der Waals surface area contributed by atoms with Crippen molar-refractivity contribution >= 4 is 23.4 Å². The van der Waals surface area contributed by atoms with Crippen molar-refractivity contribution in [3.05, 3.63) is 17.5 Å². The van der Waals surface area contributed by atoms with E-state index in [1.165, 1.54) is 18.1 Å². The predicted molar refractivity (Wildman–Crippen MR) is 50.0 cm³/mol. The van der Waals surface area contributed by atoms with E-state index in [9.17, 15) is 0 Å². The van der Waals surface area contributed by atoms with Crippen molar-refractivity contribution in [3.8, 4) is 0 Å². The van der Waals surface area contributed by atoms with Gasteiger partial charge in [-0.15, -0.1) is 5.10 Å². The fourth-order valence-electron chi connectivity index (χ4n) is 0.774. The lowest BCUT2D eigenvalue weighted by molar-refractivity contribution is 0.664. The van der Waals surface area contributed by atoms with Crippen molar-refractivity contribution in [3.63, 3.8) is 0 Å². The largest absolute Gasteiger partial charge is 0.229 e. The number of rotatable bonds is 2. The highest BCUT2D eigenvalue weighted by Gasteiger charge is 2.06. The molecule has 0 atom stereocenters. The second kappa shape index (κ2) is 3.89. The first kappa shape index (κ1) is 9.35. The van der Waals surface area contributed by atoms with Gasteiger partial charge in [-0.2, -0.15) is 0 Å². The Morgan fingerprint density at radius 1 is 1.43 bits per heavy atom. The average Bonchev–Trinajstić information content (AvgIpc) is 2.52. The van der Waals surface area contributed by atoms with Crippen LogP contribution in [0.3, 0.4) is 0 Å². The van der Waals surface area contributed by atoms with Gasteiger partial charge in [-0.25, -0.2) is 14.6 Å². The van der Waals surface area contributed by atoms with Crippen LogP contribution in [-0.2, 0) is 7.05 Å². The van der Waals surface area contributed by atoms with Crippen LogP contribution in [0.2, 0.25) is 5.15 Å². The molecule has 0 spiro atoms. The van der Waals surface area contributed by atoms with E-state index in [1.54, 1.807) is 17.8 Å². The molecule has 8 heteroatoms. The zero-order chi connectivity index (χ0) is 9.97. The average molecular weight is 229 g/mol. The van der Waals surface area contributed by atoms with Crippen molar-refractivity contribution in [1.29, 1.82) is 0 Å². The lowest BCUT2D eigenvalue weighted by atomic mass is 10.7. The van der Waals surface area contributed by atoms with E-state index in [-0.39, 0.29) is 0 Å². The number of halogens is 1. The molecule has 14 heavy (non-hydrogen) atoms. The normalized spacial score (nSPS) is 10.4. The minimum Gasteiger partial charge on any atom is -0.229 e.